The number of nitrogens with one attached hydrogen (secondary N) is 1. The summed E-state index contributed by atoms with van der Waals surface area (Å²) >= 11 is 0. The Labute approximate surface area is 148 Å². The van der Waals surface area contributed by atoms with Gasteiger partial charge < -0.3 is 10.2 Å². The van der Waals surface area contributed by atoms with Crippen molar-refractivity contribution in [1.29, 1.82) is 0 Å². The third kappa shape index (κ3) is 4.89. The Balaban J connectivity index is 1.42. The van der Waals surface area contributed by atoms with Crippen molar-refractivity contribution in [3.63, 3.8) is 0 Å². The smallest absolute Gasteiger partial charge is 0.251 e. The molecule has 0 saturated carbocycles. The van der Waals surface area contributed by atoms with Crippen LogP contribution in [0.2, 0.25) is 0 Å². The summed E-state index contributed by atoms with van der Waals surface area (Å²) in [4.78, 5) is 30.4. The third-order valence-electron chi connectivity index (χ3n) is 4.60. The lowest BCUT2D eigenvalue weighted by Crippen LogP contribution is -2.46. The number of hydrogen-bond acceptors (Lipinski definition) is 3. The molecule has 2 heterocycles. The minimum absolute atomic E-state index is 0.0729. The molecule has 0 radical (unpaired) electrons. The molecule has 3 rings (SSSR count). The quantitative estimate of drug-likeness (QED) is 0.911. The van der Waals surface area contributed by atoms with Crippen LogP contribution >= 0.6 is 0 Å². The Morgan fingerprint density at radius 1 is 1.04 bits per heavy atom. The zero-order valence-corrected chi connectivity index (χ0v) is 14.2. The van der Waals surface area contributed by atoms with E-state index in [9.17, 15) is 9.59 Å². The zero-order chi connectivity index (χ0) is 17.5. The van der Waals surface area contributed by atoms with Gasteiger partial charge >= 0.3 is 0 Å². The number of carbonyl (C=O) groups excluding carboxylic acids is 2. The molecule has 5 heteroatoms. The number of aromatic nitrogens is 1. The Bertz CT molecular complexity index is 695. The number of pyridine rings is 1. The van der Waals surface area contributed by atoms with Crippen molar-refractivity contribution in [3.05, 3.63) is 66.0 Å². The molecule has 25 heavy (non-hydrogen) atoms. The average Bonchev–Trinajstić information content (AvgIpc) is 2.68. The molecule has 1 aliphatic heterocycles. The Morgan fingerprint density at radius 2 is 1.72 bits per heavy atom. The van der Waals surface area contributed by atoms with Crippen LogP contribution in [-0.4, -0.2) is 40.8 Å². The molecule has 1 fully saturated rings. The number of aryl methyl sites for hydroxylation is 1. The summed E-state index contributed by atoms with van der Waals surface area (Å²) in [7, 11) is 0. The summed E-state index contributed by atoms with van der Waals surface area (Å²) in [6, 6.07) is 13.6. The van der Waals surface area contributed by atoms with Crippen LogP contribution in [0.4, 0.5) is 0 Å². The molecular weight excluding hydrogens is 314 g/mol. The van der Waals surface area contributed by atoms with Crippen LogP contribution in [0.15, 0.2) is 54.9 Å². The molecule has 1 aliphatic rings. The number of rotatable bonds is 5. The predicted octanol–water partition coefficient (Wildman–Crippen LogP) is 2.44. The molecule has 1 aromatic carbocycles. The van der Waals surface area contributed by atoms with Crippen molar-refractivity contribution in [2.75, 3.05) is 13.1 Å². The molecule has 0 unspecified atom stereocenters. The van der Waals surface area contributed by atoms with E-state index in [-0.39, 0.29) is 17.9 Å². The Kier molecular flexibility index (Phi) is 5.77. The summed E-state index contributed by atoms with van der Waals surface area (Å²) in [6.45, 7) is 1.41. The van der Waals surface area contributed by atoms with Gasteiger partial charge in [-0.1, -0.05) is 30.3 Å². The molecule has 0 atom stereocenters. The second-order valence-corrected chi connectivity index (χ2v) is 6.35. The van der Waals surface area contributed by atoms with E-state index in [1.165, 1.54) is 5.56 Å². The lowest BCUT2D eigenvalue weighted by molar-refractivity contribution is -0.132. The SMILES string of the molecule is O=C(NC1CCN(C(=O)CCc2ccccc2)CC1)c1ccncc1. The van der Waals surface area contributed by atoms with E-state index in [0.29, 0.717) is 25.1 Å². The predicted molar refractivity (Wildman–Crippen MR) is 96.1 cm³/mol. The van der Waals surface area contributed by atoms with Crippen LogP contribution in [0.25, 0.3) is 0 Å². The number of nitrogens with zero attached hydrogens (tertiary/aromatic N) is 2. The van der Waals surface area contributed by atoms with E-state index >= 15 is 0 Å². The highest BCUT2D eigenvalue weighted by Crippen LogP contribution is 2.13. The molecule has 0 bridgehead atoms. The molecule has 5 nitrogen and oxygen atoms in total. The van der Waals surface area contributed by atoms with E-state index in [0.717, 1.165) is 19.3 Å². The van der Waals surface area contributed by atoms with Crippen LogP contribution < -0.4 is 5.32 Å². The van der Waals surface area contributed by atoms with Gasteiger partial charge in [-0.15, -0.1) is 0 Å². The highest BCUT2D eigenvalue weighted by atomic mass is 16.2. The van der Waals surface area contributed by atoms with Gasteiger partial charge in [-0.25, -0.2) is 0 Å². The Morgan fingerprint density at radius 3 is 2.40 bits per heavy atom. The molecule has 2 aromatic rings. The number of amides is 2. The third-order valence-corrected chi connectivity index (χ3v) is 4.60. The van der Waals surface area contributed by atoms with Crippen molar-refractivity contribution in [3.8, 4) is 0 Å². The number of carbonyl (C=O) groups is 2. The van der Waals surface area contributed by atoms with Crippen LogP contribution in [0.1, 0.15) is 35.2 Å². The van der Waals surface area contributed by atoms with Crippen LogP contribution in [0, 0.1) is 0 Å². The molecule has 1 saturated heterocycles. The van der Waals surface area contributed by atoms with Crippen molar-refractivity contribution >= 4 is 11.8 Å². The first kappa shape index (κ1) is 17.1. The van der Waals surface area contributed by atoms with Crippen molar-refractivity contribution in [2.24, 2.45) is 0 Å². The number of piperidine rings is 1. The van der Waals surface area contributed by atoms with E-state index < -0.39 is 0 Å². The van der Waals surface area contributed by atoms with E-state index in [1.807, 2.05) is 35.2 Å². The van der Waals surface area contributed by atoms with Gasteiger partial charge in [0, 0.05) is 43.5 Å². The van der Waals surface area contributed by atoms with E-state index in [1.54, 1.807) is 24.5 Å². The second-order valence-electron chi connectivity index (χ2n) is 6.35. The first-order valence-corrected chi connectivity index (χ1v) is 8.75. The average molecular weight is 337 g/mol. The maximum Gasteiger partial charge on any atom is 0.251 e. The standard InChI is InChI=1S/C20H23N3O2/c24-19(7-6-16-4-2-1-3-5-16)23-14-10-18(11-15-23)22-20(25)17-8-12-21-13-9-17/h1-5,8-9,12-13,18H,6-7,10-11,14-15H2,(H,22,25). The normalized spacial score (nSPS) is 15.0. The minimum atomic E-state index is -0.0729. The van der Waals surface area contributed by atoms with Gasteiger partial charge in [-0.3, -0.25) is 14.6 Å². The Hall–Kier alpha value is -2.69. The topological polar surface area (TPSA) is 62.3 Å². The van der Waals surface area contributed by atoms with Gasteiger partial charge in [-0.05, 0) is 37.0 Å². The lowest BCUT2D eigenvalue weighted by Gasteiger charge is -2.32. The van der Waals surface area contributed by atoms with Gasteiger partial charge in [0.25, 0.3) is 5.91 Å². The van der Waals surface area contributed by atoms with Gasteiger partial charge in [0.1, 0.15) is 0 Å². The summed E-state index contributed by atoms with van der Waals surface area (Å²) in [5, 5.41) is 3.05. The van der Waals surface area contributed by atoms with Crippen LogP contribution in [0.3, 0.4) is 0 Å². The molecule has 1 aromatic heterocycles. The molecule has 0 spiro atoms. The van der Waals surface area contributed by atoms with E-state index in [4.69, 9.17) is 0 Å². The maximum absolute atomic E-state index is 12.4. The van der Waals surface area contributed by atoms with Crippen LogP contribution in [-0.2, 0) is 11.2 Å². The zero-order valence-electron chi connectivity index (χ0n) is 14.2. The second kappa shape index (κ2) is 8.42. The van der Waals surface area contributed by atoms with Crippen molar-refractivity contribution in [1.82, 2.24) is 15.2 Å². The van der Waals surface area contributed by atoms with Gasteiger partial charge in [0.15, 0.2) is 0 Å². The molecule has 1 N–H and O–H groups in total. The molecule has 130 valence electrons. The first-order valence-electron chi connectivity index (χ1n) is 8.75. The maximum atomic E-state index is 12.4. The molecule has 2 amide bonds. The summed E-state index contributed by atoms with van der Waals surface area (Å²) < 4.78 is 0. The van der Waals surface area contributed by atoms with Crippen LogP contribution in [0.5, 0.6) is 0 Å². The molecule has 0 aliphatic carbocycles. The monoisotopic (exact) mass is 337 g/mol. The summed E-state index contributed by atoms with van der Waals surface area (Å²) in [6.07, 6.45) is 6.14. The fourth-order valence-corrected chi connectivity index (χ4v) is 3.10. The van der Waals surface area contributed by atoms with Gasteiger partial charge in [0.05, 0.1) is 0 Å². The summed E-state index contributed by atoms with van der Waals surface area (Å²) in [5.41, 5.74) is 1.81. The minimum Gasteiger partial charge on any atom is -0.349 e. The number of hydrogen-bond donors (Lipinski definition) is 1. The highest BCUT2D eigenvalue weighted by Gasteiger charge is 2.23. The fraction of sp³-hybridized carbons (Fsp3) is 0.350. The van der Waals surface area contributed by atoms with Gasteiger partial charge in [-0.2, -0.15) is 0 Å². The van der Waals surface area contributed by atoms with Gasteiger partial charge in [0.2, 0.25) is 5.91 Å². The van der Waals surface area contributed by atoms with Crippen molar-refractivity contribution < 1.29 is 9.59 Å². The lowest BCUT2D eigenvalue weighted by atomic mass is 10.0. The highest BCUT2D eigenvalue weighted by molar-refractivity contribution is 5.94. The summed E-state index contributed by atoms with van der Waals surface area (Å²) in [5.74, 6) is 0.124. The fourth-order valence-electron chi connectivity index (χ4n) is 3.10. The number of likely N-dealkylation sites (tertiary alicyclic amines) is 1. The molecular formula is C20H23N3O2. The largest absolute Gasteiger partial charge is 0.349 e. The van der Waals surface area contributed by atoms with Crippen molar-refractivity contribution in [2.45, 2.75) is 31.7 Å². The first-order chi connectivity index (χ1) is 12.2. The number of benzene rings is 1. The van der Waals surface area contributed by atoms with E-state index in [2.05, 4.69) is 10.3 Å².